The summed E-state index contributed by atoms with van der Waals surface area (Å²) in [6.07, 6.45) is 8.80. The zero-order valence-corrected chi connectivity index (χ0v) is 16.9. The molecule has 2 aromatic rings. The molecule has 0 aromatic heterocycles. The molecule has 148 valence electrons. The summed E-state index contributed by atoms with van der Waals surface area (Å²) in [6.45, 7) is 2.30. The van der Waals surface area contributed by atoms with E-state index in [1.165, 1.54) is 55.3 Å². The summed E-state index contributed by atoms with van der Waals surface area (Å²) in [4.78, 5) is 2.77. The third-order valence-electron chi connectivity index (χ3n) is 7.76. The van der Waals surface area contributed by atoms with Crippen LogP contribution in [0.3, 0.4) is 0 Å². The average Bonchev–Trinajstić information content (AvgIpc) is 2.74. The Labute approximate surface area is 168 Å². The van der Waals surface area contributed by atoms with Crippen molar-refractivity contribution in [2.45, 2.75) is 56.4 Å². The van der Waals surface area contributed by atoms with Gasteiger partial charge in [0.05, 0.1) is 7.11 Å². The molecule has 3 nitrogen and oxygen atoms in total. The monoisotopic (exact) mass is 377 g/mol. The van der Waals surface area contributed by atoms with E-state index in [-0.39, 0.29) is 0 Å². The number of rotatable bonds is 4. The Balaban J connectivity index is 1.41. The van der Waals surface area contributed by atoms with Gasteiger partial charge >= 0.3 is 0 Å². The van der Waals surface area contributed by atoms with Gasteiger partial charge in [-0.25, -0.2) is 0 Å². The van der Waals surface area contributed by atoms with E-state index in [4.69, 9.17) is 4.74 Å². The zero-order chi connectivity index (χ0) is 19.1. The van der Waals surface area contributed by atoms with Crippen molar-refractivity contribution in [2.24, 2.45) is 5.92 Å². The van der Waals surface area contributed by atoms with Crippen molar-refractivity contribution in [2.75, 3.05) is 20.2 Å². The van der Waals surface area contributed by atoms with Gasteiger partial charge in [-0.2, -0.15) is 0 Å². The van der Waals surface area contributed by atoms with Crippen molar-refractivity contribution in [3.8, 4) is 11.5 Å². The van der Waals surface area contributed by atoms with Crippen LogP contribution in [-0.2, 0) is 18.3 Å². The lowest BCUT2D eigenvalue weighted by Gasteiger charge is -2.59. The lowest BCUT2D eigenvalue weighted by atomic mass is 9.52. The standard InChI is InChI=1S/C25H31NO2/c1-28-21-6-4-5-18(15-21)10-13-26-14-12-25-11-3-2-7-22(25)24(26)16-19-8-9-20(27)17-23(19)25/h4-6,8-9,15,17,22,24,27H,2-3,7,10-14,16H2,1H3/t22-,24-,25+/m0/s1. The molecule has 1 aliphatic heterocycles. The van der Waals surface area contributed by atoms with Gasteiger partial charge in [-0.05, 0) is 85.5 Å². The number of phenolic OH excluding ortho intramolecular Hbond substituents is 1. The molecule has 5 rings (SSSR count). The summed E-state index contributed by atoms with van der Waals surface area (Å²) >= 11 is 0. The number of hydrogen-bond acceptors (Lipinski definition) is 3. The van der Waals surface area contributed by atoms with Crippen LogP contribution in [0.5, 0.6) is 11.5 Å². The van der Waals surface area contributed by atoms with Crippen molar-refractivity contribution >= 4 is 0 Å². The third-order valence-corrected chi connectivity index (χ3v) is 7.76. The van der Waals surface area contributed by atoms with Gasteiger partial charge in [0.2, 0.25) is 0 Å². The number of piperidine rings is 1. The van der Waals surface area contributed by atoms with E-state index in [9.17, 15) is 5.11 Å². The lowest BCUT2D eigenvalue weighted by molar-refractivity contribution is -0.0107. The van der Waals surface area contributed by atoms with Gasteiger partial charge < -0.3 is 9.84 Å². The number of ether oxygens (including phenoxy) is 1. The number of phenols is 1. The lowest BCUT2D eigenvalue weighted by Crippen LogP contribution is -2.61. The Kier molecular flexibility index (Phi) is 4.59. The smallest absolute Gasteiger partial charge is 0.119 e. The molecule has 2 aromatic carbocycles. The van der Waals surface area contributed by atoms with Crippen LogP contribution in [0.1, 0.15) is 48.8 Å². The molecule has 1 saturated carbocycles. The first kappa shape index (κ1) is 18.1. The molecular formula is C25H31NO2. The van der Waals surface area contributed by atoms with Crippen LogP contribution in [-0.4, -0.2) is 36.2 Å². The van der Waals surface area contributed by atoms with Crippen LogP contribution in [0.25, 0.3) is 0 Å². The van der Waals surface area contributed by atoms with Gasteiger partial charge in [0.25, 0.3) is 0 Å². The summed E-state index contributed by atoms with van der Waals surface area (Å²) in [5.74, 6) is 2.14. The molecule has 3 atom stereocenters. The predicted molar refractivity (Wildman–Crippen MR) is 112 cm³/mol. The Hall–Kier alpha value is -2.00. The summed E-state index contributed by atoms with van der Waals surface area (Å²) in [7, 11) is 1.74. The second kappa shape index (κ2) is 7.11. The number of nitrogens with zero attached hydrogens (tertiary/aromatic N) is 1. The van der Waals surface area contributed by atoms with Crippen molar-refractivity contribution in [3.05, 3.63) is 59.2 Å². The summed E-state index contributed by atoms with van der Waals surface area (Å²) in [6, 6.07) is 15.3. The van der Waals surface area contributed by atoms with Crippen molar-refractivity contribution in [1.82, 2.24) is 4.90 Å². The molecule has 0 spiro atoms. The van der Waals surface area contributed by atoms with Gasteiger partial charge in [-0.3, -0.25) is 4.90 Å². The van der Waals surface area contributed by atoms with Crippen LogP contribution in [0, 0.1) is 5.92 Å². The minimum atomic E-state index is 0.307. The van der Waals surface area contributed by atoms with Crippen molar-refractivity contribution < 1.29 is 9.84 Å². The summed E-state index contributed by atoms with van der Waals surface area (Å²) < 4.78 is 5.40. The fraction of sp³-hybridized carbons (Fsp3) is 0.520. The molecule has 0 radical (unpaired) electrons. The normalized spacial score (nSPS) is 29.0. The maximum Gasteiger partial charge on any atom is 0.119 e. The first-order valence-corrected chi connectivity index (χ1v) is 10.9. The van der Waals surface area contributed by atoms with E-state index in [2.05, 4.69) is 35.2 Å². The summed E-state index contributed by atoms with van der Waals surface area (Å²) in [5, 5.41) is 10.2. The first-order chi connectivity index (χ1) is 13.7. The Morgan fingerprint density at radius 3 is 2.96 bits per heavy atom. The van der Waals surface area contributed by atoms with Crippen LogP contribution in [0.15, 0.2) is 42.5 Å². The van der Waals surface area contributed by atoms with E-state index in [1.807, 2.05) is 12.1 Å². The van der Waals surface area contributed by atoms with E-state index >= 15 is 0 Å². The van der Waals surface area contributed by atoms with Gasteiger partial charge in [0, 0.05) is 18.0 Å². The zero-order valence-electron chi connectivity index (χ0n) is 16.9. The largest absolute Gasteiger partial charge is 0.508 e. The summed E-state index contributed by atoms with van der Waals surface area (Å²) in [5.41, 5.74) is 4.62. The van der Waals surface area contributed by atoms with Crippen LogP contribution in [0.2, 0.25) is 0 Å². The second-order valence-corrected chi connectivity index (χ2v) is 9.01. The minimum Gasteiger partial charge on any atom is -0.508 e. The molecule has 2 aliphatic carbocycles. The van der Waals surface area contributed by atoms with E-state index in [0.717, 1.165) is 31.1 Å². The van der Waals surface area contributed by atoms with Gasteiger partial charge in [-0.15, -0.1) is 0 Å². The molecule has 0 unspecified atom stereocenters. The maximum absolute atomic E-state index is 10.2. The number of hydrogen-bond donors (Lipinski definition) is 1. The number of likely N-dealkylation sites (tertiary alicyclic amines) is 1. The molecule has 1 heterocycles. The molecule has 1 saturated heterocycles. The topological polar surface area (TPSA) is 32.7 Å². The highest BCUT2D eigenvalue weighted by atomic mass is 16.5. The first-order valence-electron chi connectivity index (χ1n) is 10.9. The van der Waals surface area contributed by atoms with Gasteiger partial charge in [-0.1, -0.05) is 31.0 Å². The minimum absolute atomic E-state index is 0.307. The SMILES string of the molecule is COc1cccc(CCN2CC[C@]34CCCC[C@H]3[C@@H]2Cc2ccc(O)cc24)c1. The highest BCUT2D eigenvalue weighted by Crippen LogP contribution is 2.56. The van der Waals surface area contributed by atoms with Crippen LogP contribution >= 0.6 is 0 Å². The molecule has 2 fully saturated rings. The van der Waals surface area contributed by atoms with Crippen molar-refractivity contribution in [1.29, 1.82) is 0 Å². The van der Waals surface area contributed by atoms with Crippen molar-refractivity contribution in [3.63, 3.8) is 0 Å². The van der Waals surface area contributed by atoms with E-state index in [0.29, 0.717) is 17.2 Å². The predicted octanol–water partition coefficient (Wildman–Crippen LogP) is 4.70. The highest BCUT2D eigenvalue weighted by molar-refractivity contribution is 5.45. The molecule has 0 amide bonds. The highest BCUT2D eigenvalue weighted by Gasteiger charge is 2.53. The average molecular weight is 378 g/mol. The molecule has 1 N–H and O–H groups in total. The maximum atomic E-state index is 10.2. The number of methoxy groups -OCH3 is 1. The van der Waals surface area contributed by atoms with Crippen LogP contribution < -0.4 is 4.74 Å². The fourth-order valence-electron chi connectivity index (χ4n) is 6.45. The van der Waals surface area contributed by atoms with Gasteiger partial charge in [0.1, 0.15) is 11.5 Å². The Bertz CT molecular complexity index is 863. The molecule has 3 aliphatic rings. The Morgan fingerprint density at radius 2 is 2.07 bits per heavy atom. The molecular weight excluding hydrogens is 346 g/mol. The number of fused-ring (bicyclic) bond motifs is 1. The van der Waals surface area contributed by atoms with Gasteiger partial charge in [0.15, 0.2) is 0 Å². The number of aromatic hydroxyl groups is 1. The quantitative estimate of drug-likeness (QED) is 0.838. The molecule has 28 heavy (non-hydrogen) atoms. The second-order valence-electron chi connectivity index (χ2n) is 9.01. The Morgan fingerprint density at radius 1 is 1.14 bits per heavy atom. The third kappa shape index (κ3) is 2.91. The number of benzene rings is 2. The molecule has 3 heteroatoms. The van der Waals surface area contributed by atoms with E-state index in [1.54, 1.807) is 7.11 Å². The fourth-order valence-corrected chi connectivity index (χ4v) is 6.45. The van der Waals surface area contributed by atoms with Crippen LogP contribution in [0.4, 0.5) is 0 Å². The van der Waals surface area contributed by atoms with E-state index < -0.39 is 0 Å². The molecule has 2 bridgehead atoms.